The Labute approximate surface area is 188 Å². The average molecular weight is 448 g/mol. The molecule has 32 heavy (non-hydrogen) atoms. The molecule has 1 fully saturated rings. The molecule has 0 aliphatic heterocycles. The number of nitrogens with one attached hydrogen (secondary N) is 1. The number of carbonyl (C=O) groups is 4. The van der Waals surface area contributed by atoms with E-state index < -0.39 is 23.7 Å². The van der Waals surface area contributed by atoms with Gasteiger partial charge in [0.1, 0.15) is 11.6 Å². The number of anilines is 1. The first kappa shape index (κ1) is 25.3. The first-order valence-corrected chi connectivity index (χ1v) is 10.8. The molecule has 0 bridgehead atoms. The Morgan fingerprint density at radius 2 is 1.78 bits per heavy atom. The molecule has 4 N–H and O–H groups in total. The van der Waals surface area contributed by atoms with Crippen molar-refractivity contribution in [3.8, 4) is 0 Å². The van der Waals surface area contributed by atoms with Crippen LogP contribution in [0.1, 0.15) is 52.0 Å². The molecule has 9 nitrogen and oxygen atoms in total. The van der Waals surface area contributed by atoms with E-state index in [0.717, 1.165) is 17.7 Å². The van der Waals surface area contributed by atoms with Gasteiger partial charge in [0, 0.05) is 12.5 Å². The molecule has 2 rings (SSSR count). The predicted molar refractivity (Wildman–Crippen MR) is 119 cm³/mol. The van der Waals surface area contributed by atoms with Gasteiger partial charge in [-0.3, -0.25) is 19.3 Å². The number of carboxylic acid groups (broad SMARTS) is 1. The highest BCUT2D eigenvalue weighted by Crippen LogP contribution is 2.31. The Balaban J connectivity index is 1.87. The number of carboxylic acids is 1. The average Bonchev–Trinajstić information content (AvgIpc) is 2.73. The van der Waals surface area contributed by atoms with Crippen molar-refractivity contribution >= 4 is 30.1 Å². The number of hydrogen-bond acceptors (Lipinski definition) is 6. The van der Waals surface area contributed by atoms with Gasteiger partial charge in [0.15, 0.2) is 0 Å². The maximum Gasteiger partial charge on any atom is 0.407 e. The van der Waals surface area contributed by atoms with Gasteiger partial charge in [-0.1, -0.05) is 12.1 Å². The van der Waals surface area contributed by atoms with E-state index in [-0.39, 0.29) is 24.2 Å². The maximum absolute atomic E-state index is 12.9. The molecular formula is C23H33N3O6. The molecule has 0 heterocycles. The third-order valence-corrected chi connectivity index (χ3v) is 5.46. The molecule has 1 aromatic rings. The summed E-state index contributed by atoms with van der Waals surface area (Å²) in [6.07, 6.45) is 3.03. The molecule has 0 aromatic heterocycles. The molecule has 1 atom stereocenters. The zero-order valence-corrected chi connectivity index (χ0v) is 18.9. The summed E-state index contributed by atoms with van der Waals surface area (Å²) in [6.45, 7) is 5.91. The summed E-state index contributed by atoms with van der Waals surface area (Å²) in [5.41, 5.74) is 6.14. The number of benzene rings is 1. The highest BCUT2D eigenvalue weighted by molar-refractivity contribution is 6.07. The van der Waals surface area contributed by atoms with Crippen LogP contribution in [0.2, 0.25) is 0 Å². The van der Waals surface area contributed by atoms with Crippen LogP contribution in [0.3, 0.4) is 0 Å². The molecule has 9 heteroatoms. The Kier molecular flexibility index (Phi) is 8.77. The summed E-state index contributed by atoms with van der Waals surface area (Å²) in [5.74, 6) is -1.35. The van der Waals surface area contributed by atoms with Crippen molar-refractivity contribution in [2.24, 2.45) is 17.6 Å². The van der Waals surface area contributed by atoms with Crippen LogP contribution in [0.5, 0.6) is 0 Å². The van der Waals surface area contributed by atoms with Gasteiger partial charge in [-0.2, -0.15) is 0 Å². The number of aliphatic carboxylic acids is 1. The fourth-order valence-electron chi connectivity index (χ4n) is 3.73. The van der Waals surface area contributed by atoms with E-state index in [2.05, 4.69) is 5.32 Å². The SMILES string of the molecule is CC(C)(C)OC(=O)NCC1CCC(C(=O)N(C=O)c2ccc(C[C@H](N)C(=O)O)cc2)CC1. The molecule has 0 saturated heterocycles. The third-order valence-electron chi connectivity index (χ3n) is 5.46. The summed E-state index contributed by atoms with van der Waals surface area (Å²) < 4.78 is 5.24. The molecule has 0 spiro atoms. The summed E-state index contributed by atoms with van der Waals surface area (Å²) in [6, 6.07) is 5.56. The lowest BCUT2D eigenvalue weighted by molar-refractivity contribution is -0.138. The number of ether oxygens (including phenoxy) is 1. The van der Waals surface area contributed by atoms with Crippen molar-refractivity contribution in [1.29, 1.82) is 0 Å². The largest absolute Gasteiger partial charge is 0.480 e. The van der Waals surface area contributed by atoms with E-state index in [1.165, 1.54) is 0 Å². The highest BCUT2D eigenvalue weighted by Gasteiger charge is 2.30. The summed E-state index contributed by atoms with van der Waals surface area (Å²) in [5, 5.41) is 11.7. The second kappa shape index (κ2) is 11.1. The number of amides is 3. The molecule has 1 aromatic carbocycles. The zero-order valence-electron chi connectivity index (χ0n) is 18.9. The van der Waals surface area contributed by atoms with Crippen molar-refractivity contribution in [3.05, 3.63) is 29.8 Å². The van der Waals surface area contributed by atoms with Crippen molar-refractivity contribution in [2.45, 2.75) is 64.5 Å². The van der Waals surface area contributed by atoms with Crippen LogP contribution >= 0.6 is 0 Å². The minimum Gasteiger partial charge on any atom is -0.480 e. The van der Waals surface area contributed by atoms with Crippen LogP contribution < -0.4 is 16.0 Å². The molecule has 1 aliphatic rings. The molecule has 0 radical (unpaired) electrons. The topological polar surface area (TPSA) is 139 Å². The highest BCUT2D eigenvalue weighted by atomic mass is 16.6. The van der Waals surface area contributed by atoms with E-state index in [4.69, 9.17) is 15.6 Å². The van der Waals surface area contributed by atoms with Gasteiger partial charge in [0.25, 0.3) is 0 Å². The second-order valence-electron chi connectivity index (χ2n) is 9.23. The van der Waals surface area contributed by atoms with Crippen molar-refractivity contribution < 1.29 is 29.0 Å². The van der Waals surface area contributed by atoms with Crippen LogP contribution in [0, 0.1) is 11.8 Å². The number of nitrogens with two attached hydrogens (primary N) is 1. The van der Waals surface area contributed by atoms with E-state index in [0.29, 0.717) is 37.0 Å². The lowest BCUT2D eigenvalue weighted by Gasteiger charge is -2.30. The van der Waals surface area contributed by atoms with Gasteiger partial charge in [0.2, 0.25) is 12.3 Å². The minimum atomic E-state index is -1.09. The van der Waals surface area contributed by atoms with Gasteiger partial charge < -0.3 is 20.9 Å². The van der Waals surface area contributed by atoms with Crippen LogP contribution in [0.4, 0.5) is 10.5 Å². The van der Waals surface area contributed by atoms with Crippen molar-refractivity contribution in [2.75, 3.05) is 11.4 Å². The van der Waals surface area contributed by atoms with Gasteiger partial charge in [0.05, 0.1) is 5.69 Å². The van der Waals surface area contributed by atoms with E-state index >= 15 is 0 Å². The Morgan fingerprint density at radius 1 is 1.19 bits per heavy atom. The Bertz CT molecular complexity index is 810. The fraction of sp³-hybridized carbons (Fsp3) is 0.565. The number of carbonyl (C=O) groups excluding carboxylic acids is 3. The van der Waals surface area contributed by atoms with Gasteiger partial charge in [-0.25, -0.2) is 4.79 Å². The first-order valence-electron chi connectivity index (χ1n) is 10.8. The number of rotatable bonds is 8. The van der Waals surface area contributed by atoms with Gasteiger partial charge >= 0.3 is 12.1 Å². The standard InChI is InChI=1S/C23H33N3O6/c1-23(2,3)32-22(31)25-13-16-4-8-17(9-5-16)20(28)26(14-27)18-10-6-15(7-11-18)12-19(24)21(29)30/h6-7,10-11,14,16-17,19H,4-5,8-9,12-13,24H2,1-3H3,(H,25,31)(H,29,30)/t16?,17?,19-/m0/s1. The summed E-state index contributed by atoms with van der Waals surface area (Å²) >= 11 is 0. The molecular weight excluding hydrogens is 414 g/mol. The normalized spacial score (nSPS) is 19.5. The molecule has 1 saturated carbocycles. The third kappa shape index (κ3) is 7.64. The smallest absolute Gasteiger partial charge is 0.407 e. The number of imide groups is 1. The monoisotopic (exact) mass is 447 g/mol. The zero-order chi connectivity index (χ0) is 23.9. The Morgan fingerprint density at radius 3 is 2.28 bits per heavy atom. The molecule has 176 valence electrons. The summed E-state index contributed by atoms with van der Waals surface area (Å²) in [4.78, 5) is 48.4. The quantitative estimate of drug-likeness (QED) is 0.520. The van der Waals surface area contributed by atoms with E-state index in [1.807, 2.05) is 0 Å². The number of alkyl carbamates (subject to hydrolysis) is 1. The van der Waals surface area contributed by atoms with Gasteiger partial charge in [-0.15, -0.1) is 0 Å². The lowest BCUT2D eigenvalue weighted by Crippen LogP contribution is -2.39. The van der Waals surface area contributed by atoms with E-state index in [1.54, 1.807) is 45.0 Å². The molecule has 0 unspecified atom stereocenters. The van der Waals surface area contributed by atoms with Gasteiger partial charge in [-0.05, 0) is 76.5 Å². The molecule has 1 aliphatic carbocycles. The van der Waals surface area contributed by atoms with Crippen molar-refractivity contribution in [1.82, 2.24) is 5.32 Å². The predicted octanol–water partition coefficient (Wildman–Crippen LogP) is 2.46. The molecule has 3 amide bonds. The maximum atomic E-state index is 12.9. The van der Waals surface area contributed by atoms with Crippen LogP contribution in [-0.4, -0.2) is 47.7 Å². The van der Waals surface area contributed by atoms with Crippen molar-refractivity contribution in [3.63, 3.8) is 0 Å². The van der Waals surface area contributed by atoms with Crippen LogP contribution in [-0.2, 0) is 25.5 Å². The Hall–Kier alpha value is -2.94. The fourth-order valence-corrected chi connectivity index (χ4v) is 3.73. The number of nitrogens with zero attached hydrogens (tertiary/aromatic N) is 1. The van der Waals surface area contributed by atoms with Crippen LogP contribution in [0.15, 0.2) is 24.3 Å². The minimum absolute atomic E-state index is 0.159. The lowest BCUT2D eigenvalue weighted by atomic mass is 9.81. The second-order valence-corrected chi connectivity index (χ2v) is 9.23. The van der Waals surface area contributed by atoms with E-state index in [9.17, 15) is 19.2 Å². The van der Waals surface area contributed by atoms with Crippen LogP contribution in [0.25, 0.3) is 0 Å². The number of hydrogen-bond donors (Lipinski definition) is 3. The first-order chi connectivity index (χ1) is 15.0. The summed E-state index contributed by atoms with van der Waals surface area (Å²) in [7, 11) is 0.